The van der Waals surface area contributed by atoms with Crippen LogP contribution in [0.5, 0.6) is 0 Å². The Bertz CT molecular complexity index is 988. The molecule has 1 N–H and O–H groups in total. The third-order valence-corrected chi connectivity index (χ3v) is 5.74. The van der Waals surface area contributed by atoms with Gasteiger partial charge in [-0.1, -0.05) is 18.2 Å². The molecule has 0 aliphatic heterocycles. The molecule has 0 bridgehead atoms. The van der Waals surface area contributed by atoms with Gasteiger partial charge in [-0.3, -0.25) is 4.79 Å². The van der Waals surface area contributed by atoms with E-state index in [4.69, 9.17) is 0 Å². The Morgan fingerprint density at radius 2 is 2.08 bits per heavy atom. The van der Waals surface area contributed by atoms with Gasteiger partial charge in [-0.25, -0.2) is 9.97 Å². The normalized spacial score (nSPS) is 11.0. The lowest BCUT2D eigenvalue weighted by molar-refractivity contribution is 0.0948. The van der Waals surface area contributed by atoms with E-state index in [1.165, 1.54) is 11.3 Å². The molecule has 0 aliphatic rings. The van der Waals surface area contributed by atoms with Gasteiger partial charge < -0.3 is 9.88 Å². The van der Waals surface area contributed by atoms with Gasteiger partial charge in [0.2, 0.25) is 0 Å². The van der Waals surface area contributed by atoms with E-state index in [-0.39, 0.29) is 5.91 Å². The number of hydrogen-bond acceptors (Lipinski definition) is 5. The zero-order valence-electron chi connectivity index (χ0n) is 13.4. The van der Waals surface area contributed by atoms with Gasteiger partial charge in [-0.15, -0.1) is 22.7 Å². The second kappa shape index (κ2) is 7.16. The van der Waals surface area contributed by atoms with Crippen LogP contribution >= 0.6 is 22.7 Å². The van der Waals surface area contributed by atoms with Crippen molar-refractivity contribution in [3.8, 4) is 9.88 Å². The second-order valence-electron chi connectivity index (χ2n) is 5.55. The molecular weight excluding hydrogens is 352 g/mol. The zero-order valence-corrected chi connectivity index (χ0v) is 15.0. The zero-order chi connectivity index (χ0) is 17.1. The molecular formula is C18H16N4OS2. The molecule has 5 nitrogen and oxygen atoms in total. The third kappa shape index (κ3) is 3.47. The van der Waals surface area contributed by atoms with Crippen molar-refractivity contribution in [1.29, 1.82) is 0 Å². The number of carbonyl (C=O) groups excluding carboxylic acids is 1. The van der Waals surface area contributed by atoms with Crippen LogP contribution in [0.2, 0.25) is 0 Å². The van der Waals surface area contributed by atoms with Gasteiger partial charge >= 0.3 is 0 Å². The summed E-state index contributed by atoms with van der Waals surface area (Å²) in [6, 6.07) is 12.1. The minimum atomic E-state index is -0.116. The number of rotatable bonds is 6. The molecule has 1 aromatic carbocycles. The lowest BCUT2D eigenvalue weighted by Crippen LogP contribution is -2.25. The van der Waals surface area contributed by atoms with Crippen LogP contribution in [0.15, 0.2) is 53.5 Å². The van der Waals surface area contributed by atoms with Crippen molar-refractivity contribution >= 4 is 39.6 Å². The van der Waals surface area contributed by atoms with E-state index in [9.17, 15) is 4.79 Å². The third-order valence-electron chi connectivity index (χ3n) is 3.86. The number of aromatic nitrogens is 3. The first kappa shape index (κ1) is 16.0. The molecule has 0 saturated heterocycles. The molecule has 0 atom stereocenters. The number of nitrogens with one attached hydrogen (secondary N) is 1. The maximum atomic E-state index is 12.2. The van der Waals surface area contributed by atoms with Crippen LogP contribution in [0.25, 0.3) is 20.9 Å². The minimum absolute atomic E-state index is 0.116. The molecule has 25 heavy (non-hydrogen) atoms. The van der Waals surface area contributed by atoms with E-state index in [1.54, 1.807) is 11.3 Å². The summed E-state index contributed by atoms with van der Waals surface area (Å²) >= 11 is 3.13. The molecule has 4 aromatic rings. The van der Waals surface area contributed by atoms with Crippen LogP contribution in [0, 0.1) is 0 Å². The number of thiazole rings is 1. The van der Waals surface area contributed by atoms with E-state index in [1.807, 2.05) is 47.4 Å². The summed E-state index contributed by atoms with van der Waals surface area (Å²) in [5, 5.41) is 7.66. The molecule has 0 saturated carbocycles. The Hall–Kier alpha value is -2.51. The molecule has 7 heteroatoms. The highest BCUT2D eigenvalue weighted by Gasteiger charge is 2.12. The van der Waals surface area contributed by atoms with Crippen molar-refractivity contribution in [2.75, 3.05) is 6.54 Å². The molecule has 0 spiro atoms. The van der Waals surface area contributed by atoms with Crippen molar-refractivity contribution in [2.24, 2.45) is 0 Å². The first-order valence-corrected chi connectivity index (χ1v) is 9.75. The highest BCUT2D eigenvalue weighted by atomic mass is 32.1. The number of benzene rings is 1. The molecule has 0 fully saturated rings. The molecule has 0 unspecified atom stereocenters. The van der Waals surface area contributed by atoms with Crippen molar-refractivity contribution in [3.63, 3.8) is 0 Å². The smallest absolute Gasteiger partial charge is 0.270 e. The van der Waals surface area contributed by atoms with Crippen LogP contribution in [0.4, 0.5) is 0 Å². The summed E-state index contributed by atoms with van der Waals surface area (Å²) in [6.45, 7) is 1.43. The number of hydrogen-bond donors (Lipinski definition) is 1. The summed E-state index contributed by atoms with van der Waals surface area (Å²) in [4.78, 5) is 22.1. The van der Waals surface area contributed by atoms with Gasteiger partial charge in [0, 0.05) is 18.5 Å². The molecule has 3 aromatic heterocycles. The average Bonchev–Trinajstić information content (AvgIpc) is 3.38. The molecule has 4 rings (SSSR count). The van der Waals surface area contributed by atoms with Crippen LogP contribution in [-0.2, 0) is 6.54 Å². The predicted octanol–water partition coefficient (Wildman–Crippen LogP) is 4.04. The fourth-order valence-corrected chi connectivity index (χ4v) is 4.24. The lowest BCUT2D eigenvalue weighted by Gasteiger charge is -2.05. The van der Waals surface area contributed by atoms with E-state index in [0.717, 1.165) is 33.9 Å². The number of para-hydroxylation sites is 2. The Labute approximate surface area is 153 Å². The van der Waals surface area contributed by atoms with Gasteiger partial charge in [0.05, 0.1) is 22.2 Å². The van der Waals surface area contributed by atoms with Crippen LogP contribution in [0.3, 0.4) is 0 Å². The number of aryl methyl sites for hydroxylation is 1. The highest BCUT2D eigenvalue weighted by Crippen LogP contribution is 2.27. The summed E-state index contributed by atoms with van der Waals surface area (Å²) < 4.78 is 2.11. The van der Waals surface area contributed by atoms with Gasteiger partial charge in [0.15, 0.2) is 0 Å². The average molecular weight is 368 g/mol. The summed E-state index contributed by atoms with van der Waals surface area (Å²) in [6.07, 6.45) is 2.69. The monoisotopic (exact) mass is 368 g/mol. The Morgan fingerprint density at radius 3 is 2.96 bits per heavy atom. The van der Waals surface area contributed by atoms with Crippen molar-refractivity contribution < 1.29 is 4.79 Å². The van der Waals surface area contributed by atoms with E-state index in [2.05, 4.69) is 25.9 Å². The van der Waals surface area contributed by atoms with Crippen molar-refractivity contribution in [3.05, 3.63) is 59.2 Å². The highest BCUT2D eigenvalue weighted by molar-refractivity contribution is 7.20. The maximum Gasteiger partial charge on any atom is 0.270 e. The summed E-state index contributed by atoms with van der Waals surface area (Å²) in [5.74, 6) is -0.116. The topological polar surface area (TPSA) is 59.8 Å². The molecule has 126 valence electrons. The summed E-state index contributed by atoms with van der Waals surface area (Å²) in [5.41, 5.74) is 2.60. The standard InChI is InChI=1S/C18H16N4OS2/c23-17(14-11-25-18(21-14)16-7-3-10-24-16)19-8-4-9-22-12-20-13-5-1-2-6-15(13)22/h1-3,5-7,10-12H,4,8-9H2,(H,19,23). The number of thiophene rings is 1. The molecule has 3 heterocycles. The Kier molecular flexibility index (Phi) is 4.58. The van der Waals surface area contributed by atoms with Gasteiger partial charge in [-0.2, -0.15) is 0 Å². The fourth-order valence-electron chi connectivity index (χ4n) is 2.62. The number of carbonyl (C=O) groups is 1. The minimum Gasteiger partial charge on any atom is -0.351 e. The largest absolute Gasteiger partial charge is 0.351 e. The van der Waals surface area contributed by atoms with E-state index in [0.29, 0.717) is 12.2 Å². The SMILES string of the molecule is O=C(NCCCn1cnc2ccccc21)c1csc(-c2cccs2)n1. The van der Waals surface area contributed by atoms with Gasteiger partial charge in [0.25, 0.3) is 5.91 Å². The van der Waals surface area contributed by atoms with Crippen molar-refractivity contribution in [2.45, 2.75) is 13.0 Å². The lowest BCUT2D eigenvalue weighted by atomic mass is 10.3. The summed E-state index contributed by atoms with van der Waals surface area (Å²) in [7, 11) is 0. The van der Waals surface area contributed by atoms with Crippen LogP contribution in [-0.4, -0.2) is 27.0 Å². The van der Waals surface area contributed by atoms with Gasteiger partial charge in [-0.05, 0) is 30.0 Å². The number of imidazole rings is 1. The quantitative estimate of drug-likeness (QED) is 0.523. The number of nitrogens with zero attached hydrogens (tertiary/aromatic N) is 3. The second-order valence-corrected chi connectivity index (χ2v) is 7.36. The van der Waals surface area contributed by atoms with Crippen LogP contribution in [0.1, 0.15) is 16.9 Å². The molecule has 0 radical (unpaired) electrons. The van der Waals surface area contributed by atoms with E-state index >= 15 is 0 Å². The van der Waals surface area contributed by atoms with Crippen molar-refractivity contribution in [1.82, 2.24) is 19.9 Å². The Morgan fingerprint density at radius 1 is 1.16 bits per heavy atom. The van der Waals surface area contributed by atoms with E-state index < -0.39 is 0 Å². The molecule has 1 amide bonds. The number of amides is 1. The first-order valence-electron chi connectivity index (χ1n) is 7.99. The van der Waals surface area contributed by atoms with Crippen LogP contribution < -0.4 is 5.32 Å². The number of fused-ring (bicyclic) bond motifs is 1. The maximum absolute atomic E-state index is 12.2. The van der Waals surface area contributed by atoms with Gasteiger partial charge in [0.1, 0.15) is 10.7 Å². The first-order chi connectivity index (χ1) is 12.3. The molecule has 0 aliphatic carbocycles. The predicted molar refractivity (Wildman–Crippen MR) is 102 cm³/mol. The Balaban J connectivity index is 1.30. The fraction of sp³-hybridized carbons (Fsp3) is 0.167.